The maximum atomic E-state index is 11.5. The summed E-state index contributed by atoms with van der Waals surface area (Å²) >= 11 is 0. The number of hydrogen-bond donors (Lipinski definition) is 0. The lowest BCUT2D eigenvalue weighted by atomic mass is 9.99. The molecule has 0 spiro atoms. The molecule has 1 aromatic carbocycles. The summed E-state index contributed by atoms with van der Waals surface area (Å²) in [6, 6.07) is 9.55. The fourth-order valence-electron chi connectivity index (χ4n) is 2.82. The predicted octanol–water partition coefficient (Wildman–Crippen LogP) is 1.40. The molecule has 0 bridgehead atoms. The quantitative estimate of drug-likeness (QED) is 0.517. The molecule has 0 saturated carbocycles. The van der Waals surface area contributed by atoms with Crippen molar-refractivity contribution < 1.29 is 38.1 Å². The molecule has 8 nitrogen and oxygen atoms in total. The van der Waals surface area contributed by atoms with E-state index in [4.69, 9.17) is 23.7 Å². The van der Waals surface area contributed by atoms with E-state index >= 15 is 0 Å². The van der Waals surface area contributed by atoms with Crippen molar-refractivity contribution in [3.63, 3.8) is 0 Å². The third-order valence-corrected chi connectivity index (χ3v) is 3.85. The van der Waals surface area contributed by atoms with Crippen LogP contribution in [0.2, 0.25) is 0 Å². The minimum Gasteiger partial charge on any atom is -0.456 e. The Kier molecular flexibility index (Phi) is 7.75. The van der Waals surface area contributed by atoms with Crippen molar-refractivity contribution >= 4 is 17.9 Å². The van der Waals surface area contributed by atoms with E-state index in [-0.39, 0.29) is 13.2 Å². The molecule has 1 aromatic rings. The molecule has 1 aliphatic heterocycles. The average molecular weight is 380 g/mol. The summed E-state index contributed by atoms with van der Waals surface area (Å²) in [6.07, 6.45) is -3.48. The highest BCUT2D eigenvalue weighted by Gasteiger charge is 2.46. The fraction of sp³-hybridized carbons (Fsp3) is 0.526. The lowest BCUT2D eigenvalue weighted by Crippen LogP contribution is -2.58. The van der Waals surface area contributed by atoms with Crippen molar-refractivity contribution in [2.24, 2.45) is 0 Å². The zero-order valence-electron chi connectivity index (χ0n) is 15.6. The van der Waals surface area contributed by atoms with Gasteiger partial charge in [-0.25, -0.2) is 0 Å². The van der Waals surface area contributed by atoms with Gasteiger partial charge < -0.3 is 23.7 Å². The highest BCUT2D eigenvalue weighted by molar-refractivity contribution is 5.68. The predicted molar refractivity (Wildman–Crippen MR) is 92.5 cm³/mol. The van der Waals surface area contributed by atoms with Gasteiger partial charge in [-0.1, -0.05) is 30.3 Å². The fourth-order valence-corrected chi connectivity index (χ4v) is 2.82. The Morgan fingerprint density at radius 3 is 2.11 bits per heavy atom. The van der Waals surface area contributed by atoms with Crippen LogP contribution in [0.1, 0.15) is 26.3 Å². The van der Waals surface area contributed by atoms with Crippen LogP contribution in [0.5, 0.6) is 0 Å². The first-order valence-electron chi connectivity index (χ1n) is 8.61. The molecule has 1 fully saturated rings. The van der Waals surface area contributed by atoms with Gasteiger partial charge in [0.25, 0.3) is 0 Å². The number of hydrogen-bond acceptors (Lipinski definition) is 8. The van der Waals surface area contributed by atoms with Gasteiger partial charge >= 0.3 is 17.9 Å². The van der Waals surface area contributed by atoms with Crippen LogP contribution in [-0.4, -0.2) is 55.5 Å². The zero-order chi connectivity index (χ0) is 19.8. The Bertz CT molecular complexity index is 644. The molecule has 27 heavy (non-hydrogen) atoms. The third kappa shape index (κ3) is 6.65. The first-order valence-corrected chi connectivity index (χ1v) is 8.61. The highest BCUT2D eigenvalue weighted by atomic mass is 16.6. The Hall–Kier alpha value is -2.45. The molecule has 0 amide bonds. The van der Waals surface area contributed by atoms with Crippen molar-refractivity contribution in [2.45, 2.75) is 51.8 Å². The van der Waals surface area contributed by atoms with E-state index in [1.54, 1.807) is 0 Å². The minimum atomic E-state index is -0.977. The van der Waals surface area contributed by atoms with Gasteiger partial charge in [-0.2, -0.15) is 0 Å². The van der Waals surface area contributed by atoms with Gasteiger partial charge in [-0.15, -0.1) is 0 Å². The van der Waals surface area contributed by atoms with Crippen LogP contribution in [-0.2, 0) is 44.7 Å². The smallest absolute Gasteiger partial charge is 0.303 e. The third-order valence-electron chi connectivity index (χ3n) is 3.85. The van der Waals surface area contributed by atoms with E-state index in [0.29, 0.717) is 6.61 Å². The molecule has 1 aliphatic rings. The standard InChI is InChI=1S/C19H24O8/c1-12(20)25-17-11-24-16(10-23-9-15-7-5-4-6-8-15)18(26-13(2)21)19(17)27-14(3)22/h4-8,16-19H,9-11H2,1-3H3/t16?,17-,18-,19+/m1/s1. The molecule has 1 unspecified atom stereocenters. The van der Waals surface area contributed by atoms with Crippen LogP contribution >= 0.6 is 0 Å². The number of carbonyl (C=O) groups is 3. The van der Waals surface area contributed by atoms with Crippen LogP contribution in [0.15, 0.2) is 30.3 Å². The van der Waals surface area contributed by atoms with Gasteiger partial charge in [0.05, 0.1) is 19.8 Å². The van der Waals surface area contributed by atoms with Crippen LogP contribution in [0.25, 0.3) is 0 Å². The summed E-state index contributed by atoms with van der Waals surface area (Å²) in [6.45, 7) is 4.15. The van der Waals surface area contributed by atoms with Crippen molar-refractivity contribution in [1.82, 2.24) is 0 Å². The highest BCUT2D eigenvalue weighted by Crippen LogP contribution is 2.25. The maximum absolute atomic E-state index is 11.5. The molecule has 2 rings (SSSR count). The van der Waals surface area contributed by atoms with Gasteiger partial charge in [-0.3, -0.25) is 14.4 Å². The lowest BCUT2D eigenvalue weighted by Gasteiger charge is -2.40. The summed E-state index contributed by atoms with van der Waals surface area (Å²) in [7, 11) is 0. The van der Waals surface area contributed by atoms with Crippen LogP contribution in [0.4, 0.5) is 0 Å². The van der Waals surface area contributed by atoms with Crippen molar-refractivity contribution in [3.8, 4) is 0 Å². The Balaban J connectivity index is 2.08. The van der Waals surface area contributed by atoms with E-state index < -0.39 is 42.3 Å². The topological polar surface area (TPSA) is 97.4 Å². The normalized spacial score (nSPS) is 24.7. The molecule has 0 aromatic heterocycles. The monoisotopic (exact) mass is 380 g/mol. The molecule has 0 N–H and O–H groups in total. The van der Waals surface area contributed by atoms with Crippen molar-refractivity contribution in [1.29, 1.82) is 0 Å². The maximum Gasteiger partial charge on any atom is 0.303 e. The van der Waals surface area contributed by atoms with Crippen LogP contribution in [0.3, 0.4) is 0 Å². The summed E-state index contributed by atoms with van der Waals surface area (Å²) in [5.41, 5.74) is 0.978. The minimum absolute atomic E-state index is 0.00530. The lowest BCUT2D eigenvalue weighted by molar-refractivity contribution is -0.232. The SMILES string of the molecule is CC(=O)O[C@@H]1[C@H](OC(C)=O)C(COCc2ccccc2)OC[C@H]1OC(C)=O. The van der Waals surface area contributed by atoms with E-state index in [1.165, 1.54) is 20.8 Å². The van der Waals surface area contributed by atoms with E-state index in [9.17, 15) is 14.4 Å². The first-order chi connectivity index (χ1) is 12.9. The molecular formula is C19H24O8. The second kappa shape index (κ2) is 10.0. The molecule has 0 aliphatic carbocycles. The Labute approximate surface area is 157 Å². The Morgan fingerprint density at radius 2 is 1.52 bits per heavy atom. The molecule has 4 atom stereocenters. The van der Waals surface area contributed by atoms with Crippen LogP contribution < -0.4 is 0 Å². The number of benzene rings is 1. The number of esters is 3. The van der Waals surface area contributed by atoms with E-state index in [1.807, 2.05) is 30.3 Å². The molecule has 1 heterocycles. The average Bonchev–Trinajstić information content (AvgIpc) is 2.59. The number of rotatable bonds is 7. The molecule has 8 heteroatoms. The summed E-state index contributed by atoms with van der Waals surface area (Å²) in [5.74, 6) is -1.71. The van der Waals surface area contributed by atoms with Gasteiger partial charge in [0.1, 0.15) is 6.10 Å². The van der Waals surface area contributed by atoms with Crippen LogP contribution in [0, 0.1) is 0 Å². The first kappa shape index (κ1) is 20.9. The second-order valence-corrected chi connectivity index (χ2v) is 6.17. The zero-order valence-corrected chi connectivity index (χ0v) is 15.6. The molecule has 0 radical (unpaired) electrons. The molecule has 1 saturated heterocycles. The van der Waals surface area contributed by atoms with E-state index in [2.05, 4.69) is 0 Å². The summed E-state index contributed by atoms with van der Waals surface area (Å²) in [5, 5.41) is 0. The van der Waals surface area contributed by atoms with Gasteiger partial charge in [0.15, 0.2) is 18.3 Å². The van der Waals surface area contributed by atoms with E-state index in [0.717, 1.165) is 5.56 Å². The number of ether oxygens (including phenoxy) is 5. The van der Waals surface area contributed by atoms with Gasteiger partial charge in [0, 0.05) is 20.8 Å². The largest absolute Gasteiger partial charge is 0.456 e. The van der Waals surface area contributed by atoms with Crippen molar-refractivity contribution in [2.75, 3.05) is 13.2 Å². The molecular weight excluding hydrogens is 356 g/mol. The Morgan fingerprint density at radius 1 is 0.926 bits per heavy atom. The van der Waals surface area contributed by atoms with Gasteiger partial charge in [-0.05, 0) is 5.56 Å². The number of carbonyl (C=O) groups excluding carboxylic acids is 3. The van der Waals surface area contributed by atoms with Crippen molar-refractivity contribution in [3.05, 3.63) is 35.9 Å². The summed E-state index contributed by atoms with van der Waals surface area (Å²) < 4.78 is 27.1. The summed E-state index contributed by atoms with van der Waals surface area (Å²) in [4.78, 5) is 34.4. The second-order valence-electron chi connectivity index (χ2n) is 6.17. The van der Waals surface area contributed by atoms with Gasteiger partial charge in [0.2, 0.25) is 0 Å². The molecule has 148 valence electrons.